The highest BCUT2D eigenvalue weighted by Gasteiger charge is 2.16. The van der Waals surface area contributed by atoms with Crippen molar-refractivity contribution in [1.29, 1.82) is 0 Å². The first-order valence-corrected chi connectivity index (χ1v) is 6.63. The largest absolute Gasteiger partial charge is 0.467 e. The van der Waals surface area contributed by atoms with Crippen LogP contribution < -0.4 is 0 Å². The summed E-state index contributed by atoms with van der Waals surface area (Å²) in [5.74, 6) is 0.620. The van der Waals surface area contributed by atoms with Gasteiger partial charge in [-0.05, 0) is 18.2 Å². The summed E-state index contributed by atoms with van der Waals surface area (Å²) in [4.78, 5) is 13.9. The van der Waals surface area contributed by atoms with Gasteiger partial charge in [-0.15, -0.1) is 0 Å². The monoisotopic (exact) mass is 281 g/mol. The number of H-pyrrole nitrogens is 1. The zero-order chi connectivity index (χ0) is 14.7. The van der Waals surface area contributed by atoms with E-state index in [1.54, 1.807) is 30.3 Å². The molecule has 0 radical (unpaired) electrons. The van der Waals surface area contributed by atoms with Crippen molar-refractivity contribution in [1.82, 2.24) is 15.1 Å². The minimum atomic E-state index is -0.124. The van der Waals surface area contributed by atoms with Crippen LogP contribution in [0.2, 0.25) is 0 Å². The zero-order valence-corrected chi connectivity index (χ0v) is 11.6. The third-order valence-corrected chi connectivity index (χ3v) is 3.20. The van der Waals surface area contributed by atoms with Crippen molar-refractivity contribution >= 4 is 5.91 Å². The predicted octanol–water partition coefficient (Wildman–Crippen LogP) is 2.94. The number of hydrogen-bond donors (Lipinski definition) is 1. The summed E-state index contributed by atoms with van der Waals surface area (Å²) in [6.45, 7) is 0.422. The Labute approximate surface area is 122 Å². The van der Waals surface area contributed by atoms with Crippen molar-refractivity contribution in [3.8, 4) is 11.3 Å². The number of amides is 1. The Hall–Kier alpha value is -2.82. The molecule has 0 saturated heterocycles. The number of furan rings is 1. The third kappa shape index (κ3) is 2.86. The second kappa shape index (κ2) is 5.66. The Bertz CT molecular complexity index is 717. The molecular weight excluding hydrogens is 266 g/mol. The average molecular weight is 281 g/mol. The summed E-state index contributed by atoms with van der Waals surface area (Å²) in [7, 11) is 1.73. The number of carbonyl (C=O) groups is 1. The summed E-state index contributed by atoms with van der Waals surface area (Å²) in [5, 5.41) is 6.98. The normalized spacial score (nSPS) is 10.5. The molecule has 0 aliphatic rings. The van der Waals surface area contributed by atoms with Gasteiger partial charge in [-0.3, -0.25) is 9.89 Å². The van der Waals surface area contributed by atoms with Crippen LogP contribution in [-0.2, 0) is 6.54 Å². The van der Waals surface area contributed by atoms with E-state index >= 15 is 0 Å². The molecule has 0 atom stereocenters. The number of rotatable bonds is 4. The molecule has 0 fully saturated rings. The molecule has 0 saturated carbocycles. The van der Waals surface area contributed by atoms with E-state index in [0.29, 0.717) is 12.2 Å². The van der Waals surface area contributed by atoms with Crippen LogP contribution in [0.5, 0.6) is 0 Å². The van der Waals surface area contributed by atoms with Crippen molar-refractivity contribution in [3.63, 3.8) is 0 Å². The molecule has 0 unspecified atom stereocenters. The first kappa shape index (κ1) is 13.2. The first-order valence-electron chi connectivity index (χ1n) is 6.63. The van der Waals surface area contributed by atoms with Crippen molar-refractivity contribution in [2.75, 3.05) is 7.05 Å². The average Bonchev–Trinajstić information content (AvgIpc) is 3.18. The minimum absolute atomic E-state index is 0.124. The van der Waals surface area contributed by atoms with Gasteiger partial charge in [0, 0.05) is 12.6 Å². The van der Waals surface area contributed by atoms with Crippen LogP contribution in [0.25, 0.3) is 11.3 Å². The topological polar surface area (TPSA) is 62.1 Å². The number of aromatic amines is 1. The van der Waals surface area contributed by atoms with Gasteiger partial charge in [0.1, 0.15) is 11.5 Å². The van der Waals surface area contributed by atoms with Gasteiger partial charge in [0.05, 0.1) is 18.5 Å². The van der Waals surface area contributed by atoms with E-state index < -0.39 is 0 Å². The third-order valence-electron chi connectivity index (χ3n) is 3.20. The van der Waals surface area contributed by atoms with Gasteiger partial charge in [0.2, 0.25) is 0 Å². The van der Waals surface area contributed by atoms with E-state index in [2.05, 4.69) is 10.2 Å². The van der Waals surface area contributed by atoms with E-state index in [4.69, 9.17) is 4.42 Å². The molecule has 0 aliphatic carbocycles. The highest BCUT2D eigenvalue weighted by molar-refractivity contribution is 5.93. The SMILES string of the molecule is CN(Cc1ccco1)C(=O)c1cc(-c2ccccc2)n[nH]1. The second-order valence-corrected chi connectivity index (χ2v) is 4.77. The van der Waals surface area contributed by atoms with Gasteiger partial charge >= 0.3 is 0 Å². The molecule has 2 aromatic heterocycles. The van der Waals surface area contributed by atoms with Crippen LogP contribution in [0, 0.1) is 0 Å². The van der Waals surface area contributed by atoms with Crippen LogP contribution in [0.15, 0.2) is 59.2 Å². The minimum Gasteiger partial charge on any atom is -0.467 e. The summed E-state index contributed by atoms with van der Waals surface area (Å²) in [5.41, 5.74) is 2.19. The van der Waals surface area contributed by atoms with Gasteiger partial charge < -0.3 is 9.32 Å². The van der Waals surface area contributed by atoms with Gasteiger partial charge in [-0.25, -0.2) is 0 Å². The molecule has 1 N–H and O–H groups in total. The van der Waals surface area contributed by atoms with E-state index in [0.717, 1.165) is 17.0 Å². The number of benzene rings is 1. The molecule has 5 nitrogen and oxygen atoms in total. The van der Waals surface area contributed by atoms with Crippen LogP contribution in [0.4, 0.5) is 0 Å². The van der Waals surface area contributed by atoms with Crippen molar-refractivity contribution in [2.24, 2.45) is 0 Å². The molecule has 106 valence electrons. The summed E-state index contributed by atoms with van der Waals surface area (Å²) < 4.78 is 5.24. The van der Waals surface area contributed by atoms with Gasteiger partial charge in [-0.2, -0.15) is 5.10 Å². The first-order chi connectivity index (χ1) is 10.2. The summed E-state index contributed by atoms with van der Waals surface area (Å²) >= 11 is 0. The van der Waals surface area contributed by atoms with Crippen molar-refractivity contribution < 1.29 is 9.21 Å². The number of aromatic nitrogens is 2. The molecule has 3 aromatic rings. The second-order valence-electron chi connectivity index (χ2n) is 4.77. The van der Waals surface area contributed by atoms with Gasteiger partial charge in [0.25, 0.3) is 5.91 Å². The Kier molecular flexibility index (Phi) is 3.55. The standard InChI is InChI=1S/C16H15N3O2/c1-19(11-13-8-5-9-21-13)16(20)15-10-14(17-18-15)12-6-3-2-4-7-12/h2-10H,11H2,1H3,(H,17,18). The van der Waals surface area contributed by atoms with E-state index in [-0.39, 0.29) is 5.91 Å². The molecule has 1 aromatic carbocycles. The highest BCUT2D eigenvalue weighted by Crippen LogP contribution is 2.18. The number of hydrogen-bond acceptors (Lipinski definition) is 3. The maximum absolute atomic E-state index is 12.3. The van der Waals surface area contributed by atoms with Gasteiger partial charge in [0.15, 0.2) is 0 Å². The summed E-state index contributed by atoms with van der Waals surface area (Å²) in [6, 6.07) is 15.1. The molecule has 0 spiro atoms. The van der Waals surface area contributed by atoms with Crippen LogP contribution >= 0.6 is 0 Å². The van der Waals surface area contributed by atoms with Crippen molar-refractivity contribution in [2.45, 2.75) is 6.54 Å². The van der Waals surface area contributed by atoms with Gasteiger partial charge in [-0.1, -0.05) is 30.3 Å². The molecule has 3 rings (SSSR count). The highest BCUT2D eigenvalue weighted by atomic mass is 16.3. The quantitative estimate of drug-likeness (QED) is 0.799. The molecule has 0 bridgehead atoms. The van der Waals surface area contributed by atoms with Crippen molar-refractivity contribution in [3.05, 3.63) is 66.2 Å². The zero-order valence-electron chi connectivity index (χ0n) is 11.6. The smallest absolute Gasteiger partial charge is 0.272 e. The van der Waals surface area contributed by atoms with Crippen LogP contribution in [0.1, 0.15) is 16.2 Å². The Morgan fingerprint density at radius 1 is 1.24 bits per heavy atom. The lowest BCUT2D eigenvalue weighted by atomic mass is 10.1. The summed E-state index contributed by atoms with van der Waals surface area (Å²) in [6.07, 6.45) is 1.59. The fourth-order valence-electron chi connectivity index (χ4n) is 2.10. The fourth-order valence-corrected chi connectivity index (χ4v) is 2.10. The van der Waals surface area contributed by atoms with E-state index in [1.807, 2.05) is 36.4 Å². The van der Waals surface area contributed by atoms with E-state index in [1.165, 1.54) is 0 Å². The molecule has 0 aliphatic heterocycles. The lowest BCUT2D eigenvalue weighted by Crippen LogP contribution is -2.26. The maximum atomic E-state index is 12.3. The molecule has 21 heavy (non-hydrogen) atoms. The number of nitrogens with one attached hydrogen (secondary N) is 1. The fraction of sp³-hybridized carbons (Fsp3) is 0.125. The molecule has 5 heteroatoms. The Balaban J connectivity index is 1.75. The number of carbonyl (C=O) groups excluding carboxylic acids is 1. The Morgan fingerprint density at radius 3 is 2.76 bits per heavy atom. The van der Waals surface area contributed by atoms with Crippen LogP contribution in [-0.4, -0.2) is 28.1 Å². The Morgan fingerprint density at radius 2 is 2.05 bits per heavy atom. The van der Waals surface area contributed by atoms with Crippen LogP contribution in [0.3, 0.4) is 0 Å². The van der Waals surface area contributed by atoms with E-state index in [9.17, 15) is 4.79 Å². The number of nitrogens with zero attached hydrogens (tertiary/aromatic N) is 2. The lowest BCUT2D eigenvalue weighted by Gasteiger charge is -2.14. The predicted molar refractivity (Wildman–Crippen MR) is 78.5 cm³/mol. The molecular formula is C16H15N3O2. The maximum Gasteiger partial charge on any atom is 0.272 e. The molecule has 1 amide bonds. The lowest BCUT2D eigenvalue weighted by molar-refractivity contribution is 0.0769. The molecule has 2 heterocycles.